The molecule has 2 aromatic rings. The van der Waals surface area contributed by atoms with Gasteiger partial charge in [0.2, 0.25) is 6.79 Å². The van der Waals surface area contributed by atoms with Crippen molar-refractivity contribution in [3.63, 3.8) is 0 Å². The number of amides is 1. The third kappa shape index (κ3) is 3.59. The maximum atomic E-state index is 12.6. The van der Waals surface area contributed by atoms with E-state index in [1.54, 1.807) is 25.2 Å². The van der Waals surface area contributed by atoms with Gasteiger partial charge in [-0.1, -0.05) is 6.07 Å². The molecule has 0 N–H and O–H groups in total. The predicted molar refractivity (Wildman–Crippen MR) is 84.5 cm³/mol. The minimum atomic E-state index is -2.63. The number of pyridine rings is 1. The second kappa shape index (κ2) is 7.04. The first-order valence-electron chi connectivity index (χ1n) is 7.08. The van der Waals surface area contributed by atoms with Gasteiger partial charge >= 0.3 is 0 Å². The van der Waals surface area contributed by atoms with Gasteiger partial charge in [-0.15, -0.1) is 0 Å². The van der Waals surface area contributed by atoms with Gasteiger partial charge in [-0.05, 0) is 41.6 Å². The van der Waals surface area contributed by atoms with Crippen LogP contribution in [0.1, 0.15) is 15.9 Å². The van der Waals surface area contributed by atoms with Crippen LogP contribution in [0.4, 0.5) is 8.78 Å². The number of fused-ring (bicyclic) bond motifs is 1. The molecule has 0 bridgehead atoms. The van der Waals surface area contributed by atoms with Crippen molar-refractivity contribution in [2.45, 2.75) is 17.3 Å². The summed E-state index contributed by atoms with van der Waals surface area (Å²) in [4.78, 5) is 17.9. The number of alkyl halides is 2. The third-order valence-corrected chi connectivity index (χ3v) is 4.13. The average Bonchev–Trinajstić information content (AvgIpc) is 3.02. The smallest absolute Gasteiger partial charge is 0.290 e. The summed E-state index contributed by atoms with van der Waals surface area (Å²) in [6.07, 6.45) is 1.39. The Balaban J connectivity index is 1.75. The number of hydrogen-bond donors (Lipinski definition) is 0. The number of halogens is 2. The van der Waals surface area contributed by atoms with Crippen molar-refractivity contribution in [1.82, 2.24) is 9.88 Å². The highest BCUT2D eigenvalue weighted by molar-refractivity contribution is 7.99. The van der Waals surface area contributed by atoms with E-state index >= 15 is 0 Å². The van der Waals surface area contributed by atoms with Crippen LogP contribution in [0.15, 0.2) is 41.6 Å². The van der Waals surface area contributed by atoms with Gasteiger partial charge in [0.1, 0.15) is 5.03 Å². The highest BCUT2D eigenvalue weighted by atomic mass is 32.2. The molecule has 1 aliphatic heterocycles. The highest BCUT2D eigenvalue weighted by Crippen LogP contribution is 2.33. The van der Waals surface area contributed by atoms with Crippen LogP contribution in [0, 0.1) is 0 Å². The SMILES string of the molecule is CN(Cc1ccc2c(c1)OCO2)C(=O)c1cccnc1SC(F)F. The number of ether oxygens (including phenoxy) is 2. The van der Waals surface area contributed by atoms with Crippen molar-refractivity contribution >= 4 is 17.7 Å². The first-order valence-corrected chi connectivity index (χ1v) is 7.96. The van der Waals surface area contributed by atoms with Crippen LogP contribution in [0.25, 0.3) is 0 Å². The van der Waals surface area contributed by atoms with Crippen molar-refractivity contribution in [3.05, 3.63) is 47.7 Å². The number of nitrogens with zero attached hydrogens (tertiary/aromatic N) is 2. The molecule has 1 aromatic heterocycles. The summed E-state index contributed by atoms with van der Waals surface area (Å²) < 4.78 is 35.8. The van der Waals surface area contributed by atoms with Crippen LogP contribution >= 0.6 is 11.8 Å². The molecule has 0 aliphatic carbocycles. The molecule has 8 heteroatoms. The lowest BCUT2D eigenvalue weighted by molar-refractivity contribution is 0.0780. The Kier molecular flexibility index (Phi) is 4.84. The quantitative estimate of drug-likeness (QED) is 0.772. The van der Waals surface area contributed by atoms with Gasteiger partial charge < -0.3 is 14.4 Å². The predicted octanol–water partition coefficient (Wildman–Crippen LogP) is 3.40. The lowest BCUT2D eigenvalue weighted by Crippen LogP contribution is -2.27. The monoisotopic (exact) mass is 352 g/mol. The Hall–Kier alpha value is -2.35. The maximum Gasteiger partial charge on any atom is 0.290 e. The van der Waals surface area contributed by atoms with Gasteiger partial charge in [0, 0.05) is 19.8 Å². The molecule has 1 aromatic carbocycles. The molecule has 0 saturated carbocycles. The van der Waals surface area contributed by atoms with E-state index in [4.69, 9.17) is 9.47 Å². The van der Waals surface area contributed by atoms with Crippen LogP contribution in [0.5, 0.6) is 11.5 Å². The number of benzene rings is 1. The number of carbonyl (C=O) groups excluding carboxylic acids is 1. The van der Waals surface area contributed by atoms with Crippen LogP contribution in [0.2, 0.25) is 0 Å². The number of carbonyl (C=O) groups is 1. The molecule has 1 aliphatic rings. The standard InChI is InChI=1S/C16H14F2N2O3S/c1-20(8-10-4-5-12-13(7-10)23-9-22-12)15(21)11-3-2-6-19-14(11)24-16(17)18/h2-7,16H,8-9H2,1H3. The van der Waals surface area contributed by atoms with Crippen molar-refractivity contribution in [2.24, 2.45) is 0 Å². The Bertz CT molecular complexity index is 758. The Morgan fingerprint density at radius 2 is 2.12 bits per heavy atom. The topological polar surface area (TPSA) is 51.7 Å². The molecular formula is C16H14F2N2O3S. The van der Waals surface area contributed by atoms with Gasteiger partial charge in [0.05, 0.1) is 5.56 Å². The van der Waals surface area contributed by atoms with Gasteiger partial charge in [0.25, 0.3) is 11.7 Å². The fourth-order valence-corrected chi connectivity index (χ4v) is 2.90. The zero-order valence-corrected chi connectivity index (χ0v) is 13.6. The minimum Gasteiger partial charge on any atom is -0.454 e. The molecule has 126 valence electrons. The molecule has 0 spiro atoms. The second-order valence-electron chi connectivity index (χ2n) is 5.08. The van der Waals surface area contributed by atoms with E-state index in [1.807, 2.05) is 6.07 Å². The van der Waals surface area contributed by atoms with Gasteiger partial charge in [0.15, 0.2) is 11.5 Å². The van der Waals surface area contributed by atoms with Crippen molar-refractivity contribution < 1.29 is 23.0 Å². The summed E-state index contributed by atoms with van der Waals surface area (Å²) in [7, 11) is 1.61. The molecule has 1 amide bonds. The first-order chi connectivity index (χ1) is 11.5. The molecule has 0 atom stereocenters. The van der Waals surface area contributed by atoms with E-state index in [9.17, 15) is 13.6 Å². The molecule has 24 heavy (non-hydrogen) atoms. The van der Waals surface area contributed by atoms with E-state index in [0.29, 0.717) is 18.0 Å². The fourth-order valence-electron chi connectivity index (χ4n) is 2.32. The lowest BCUT2D eigenvalue weighted by Gasteiger charge is -2.18. The zero-order chi connectivity index (χ0) is 17.1. The van der Waals surface area contributed by atoms with Crippen molar-refractivity contribution in [3.8, 4) is 11.5 Å². The van der Waals surface area contributed by atoms with Gasteiger partial charge in [-0.25, -0.2) is 4.98 Å². The largest absolute Gasteiger partial charge is 0.454 e. The number of thioether (sulfide) groups is 1. The molecule has 3 rings (SSSR count). The van der Waals surface area contributed by atoms with Gasteiger partial charge in [-0.2, -0.15) is 8.78 Å². The summed E-state index contributed by atoms with van der Waals surface area (Å²) in [6.45, 7) is 0.487. The minimum absolute atomic E-state index is 0.0232. The summed E-state index contributed by atoms with van der Waals surface area (Å²) in [5.41, 5.74) is 1.01. The summed E-state index contributed by atoms with van der Waals surface area (Å²) in [5, 5.41) is 0.0232. The fraction of sp³-hybridized carbons (Fsp3) is 0.250. The molecule has 5 nitrogen and oxygen atoms in total. The summed E-state index contributed by atoms with van der Waals surface area (Å²) in [6, 6.07) is 8.45. The first kappa shape index (κ1) is 16.5. The highest BCUT2D eigenvalue weighted by Gasteiger charge is 2.20. The van der Waals surface area contributed by atoms with Crippen LogP contribution in [0.3, 0.4) is 0 Å². The molecule has 0 radical (unpaired) electrons. The lowest BCUT2D eigenvalue weighted by atomic mass is 10.1. The number of aromatic nitrogens is 1. The summed E-state index contributed by atoms with van der Waals surface area (Å²) in [5.74, 6) is -1.71. The molecule has 2 heterocycles. The van der Waals surface area contributed by atoms with Crippen molar-refractivity contribution in [2.75, 3.05) is 13.8 Å². The van der Waals surface area contributed by atoms with Gasteiger partial charge in [-0.3, -0.25) is 4.79 Å². The van der Waals surface area contributed by atoms with E-state index in [1.165, 1.54) is 17.2 Å². The van der Waals surface area contributed by atoms with E-state index in [0.717, 1.165) is 5.56 Å². The van der Waals surface area contributed by atoms with Crippen molar-refractivity contribution in [1.29, 1.82) is 0 Å². The third-order valence-electron chi connectivity index (χ3n) is 3.41. The van der Waals surface area contributed by atoms with Crippen LogP contribution in [-0.4, -0.2) is 35.4 Å². The molecular weight excluding hydrogens is 338 g/mol. The Morgan fingerprint density at radius 1 is 1.33 bits per heavy atom. The van der Waals surface area contributed by atoms with E-state index < -0.39 is 5.76 Å². The summed E-state index contributed by atoms with van der Waals surface area (Å²) >= 11 is 0.265. The van der Waals surface area contributed by atoms with Crippen LogP contribution in [-0.2, 0) is 6.54 Å². The van der Waals surface area contributed by atoms with E-state index in [2.05, 4.69) is 4.98 Å². The normalized spacial score (nSPS) is 12.5. The molecule has 0 unspecified atom stereocenters. The maximum absolute atomic E-state index is 12.6. The average molecular weight is 352 g/mol. The molecule has 0 saturated heterocycles. The zero-order valence-electron chi connectivity index (χ0n) is 12.7. The van der Waals surface area contributed by atoms with Crippen LogP contribution < -0.4 is 9.47 Å². The Labute approximate surface area is 141 Å². The number of hydrogen-bond acceptors (Lipinski definition) is 5. The number of rotatable bonds is 5. The van der Waals surface area contributed by atoms with E-state index in [-0.39, 0.29) is 35.1 Å². The Morgan fingerprint density at radius 3 is 2.92 bits per heavy atom. The second-order valence-corrected chi connectivity index (χ2v) is 6.06. The molecule has 0 fully saturated rings.